The summed E-state index contributed by atoms with van der Waals surface area (Å²) >= 11 is 0. The smallest absolute Gasteiger partial charge is 0.0594 e. The van der Waals surface area contributed by atoms with Gasteiger partial charge in [0.25, 0.3) is 0 Å². The Morgan fingerprint density at radius 2 is 1.58 bits per heavy atom. The van der Waals surface area contributed by atoms with Crippen molar-refractivity contribution in [1.82, 2.24) is 9.88 Å². The molecule has 1 N–H and O–H groups in total. The topological polar surface area (TPSA) is 28.3 Å². The Bertz CT molecular complexity index is 771. The van der Waals surface area contributed by atoms with Crippen LogP contribution in [0.5, 0.6) is 0 Å². The zero-order chi connectivity index (χ0) is 16.2. The van der Waals surface area contributed by atoms with Crippen molar-refractivity contribution in [2.45, 2.75) is 6.54 Å². The Morgan fingerprint density at radius 3 is 2.33 bits per heavy atom. The lowest BCUT2D eigenvalue weighted by Gasteiger charge is -2.26. The molecule has 0 saturated carbocycles. The van der Waals surface area contributed by atoms with E-state index in [1.807, 2.05) is 6.07 Å². The number of benzene rings is 2. The summed E-state index contributed by atoms with van der Waals surface area (Å²) in [7, 11) is 0. The van der Waals surface area contributed by atoms with Gasteiger partial charge in [-0.3, -0.25) is 4.90 Å². The highest BCUT2D eigenvalue weighted by atomic mass is 16.5. The molecule has 4 rings (SSSR count). The summed E-state index contributed by atoms with van der Waals surface area (Å²) in [4.78, 5) is 5.83. The summed E-state index contributed by atoms with van der Waals surface area (Å²) in [6.07, 6.45) is 2.08. The van der Waals surface area contributed by atoms with E-state index in [9.17, 15) is 0 Å². The van der Waals surface area contributed by atoms with E-state index in [-0.39, 0.29) is 0 Å². The van der Waals surface area contributed by atoms with Crippen molar-refractivity contribution in [3.05, 3.63) is 72.4 Å². The molecule has 3 heteroatoms. The van der Waals surface area contributed by atoms with Crippen LogP contribution in [0.3, 0.4) is 0 Å². The van der Waals surface area contributed by atoms with Crippen LogP contribution in [0, 0.1) is 0 Å². The summed E-state index contributed by atoms with van der Waals surface area (Å²) in [5.41, 5.74) is 6.21. The molecule has 2 heterocycles. The van der Waals surface area contributed by atoms with Crippen LogP contribution in [0.15, 0.2) is 66.9 Å². The van der Waals surface area contributed by atoms with Crippen LogP contribution in [0.2, 0.25) is 0 Å². The van der Waals surface area contributed by atoms with Crippen molar-refractivity contribution in [3.63, 3.8) is 0 Å². The third-order valence-corrected chi connectivity index (χ3v) is 4.56. The maximum atomic E-state index is 5.41. The number of aromatic nitrogens is 1. The maximum absolute atomic E-state index is 5.41. The minimum atomic E-state index is 0.851. The van der Waals surface area contributed by atoms with Gasteiger partial charge < -0.3 is 9.72 Å². The lowest BCUT2D eigenvalue weighted by Crippen LogP contribution is -2.35. The maximum Gasteiger partial charge on any atom is 0.0594 e. The SMILES string of the molecule is c1ccc(-c2cc(-c3ccc(CN4CCOCC4)cc3)c[nH]2)cc1. The molecule has 1 aromatic heterocycles. The van der Waals surface area contributed by atoms with Crippen molar-refractivity contribution in [3.8, 4) is 22.4 Å². The molecule has 0 spiro atoms. The van der Waals surface area contributed by atoms with Gasteiger partial charge in [-0.1, -0.05) is 54.6 Å². The second-order valence-corrected chi connectivity index (χ2v) is 6.25. The minimum Gasteiger partial charge on any atom is -0.379 e. The molecule has 122 valence electrons. The Hall–Kier alpha value is -2.36. The van der Waals surface area contributed by atoms with E-state index in [0.29, 0.717) is 0 Å². The average Bonchev–Trinajstić information content (AvgIpc) is 3.14. The predicted molar refractivity (Wildman–Crippen MR) is 97.8 cm³/mol. The van der Waals surface area contributed by atoms with Crippen LogP contribution in [-0.2, 0) is 11.3 Å². The first-order valence-electron chi connectivity index (χ1n) is 8.52. The fraction of sp³-hybridized carbons (Fsp3) is 0.238. The number of nitrogens with zero attached hydrogens (tertiary/aromatic N) is 1. The predicted octanol–water partition coefficient (Wildman–Crippen LogP) is 4.18. The number of nitrogens with one attached hydrogen (secondary N) is 1. The van der Waals surface area contributed by atoms with Gasteiger partial charge in [-0.2, -0.15) is 0 Å². The summed E-state index contributed by atoms with van der Waals surface area (Å²) in [5, 5.41) is 0. The minimum absolute atomic E-state index is 0.851. The number of hydrogen-bond donors (Lipinski definition) is 1. The monoisotopic (exact) mass is 318 g/mol. The first-order chi connectivity index (χ1) is 11.9. The Kier molecular flexibility index (Phi) is 4.45. The van der Waals surface area contributed by atoms with Crippen molar-refractivity contribution in [2.75, 3.05) is 26.3 Å². The van der Waals surface area contributed by atoms with Gasteiger partial charge >= 0.3 is 0 Å². The number of aromatic amines is 1. The number of ether oxygens (including phenoxy) is 1. The molecule has 24 heavy (non-hydrogen) atoms. The molecule has 1 aliphatic rings. The van der Waals surface area contributed by atoms with E-state index in [0.717, 1.165) is 38.5 Å². The quantitative estimate of drug-likeness (QED) is 0.781. The Balaban J connectivity index is 1.48. The summed E-state index contributed by atoms with van der Waals surface area (Å²) in [5.74, 6) is 0. The third kappa shape index (κ3) is 3.42. The normalized spacial score (nSPS) is 15.5. The van der Waals surface area contributed by atoms with Crippen molar-refractivity contribution in [2.24, 2.45) is 0 Å². The molecule has 2 aromatic carbocycles. The standard InChI is InChI=1S/C21H22N2O/c1-2-4-19(5-3-1)21-14-20(15-22-21)18-8-6-17(7-9-18)16-23-10-12-24-13-11-23/h1-9,14-15,22H,10-13,16H2. The Labute approximate surface area is 142 Å². The zero-order valence-corrected chi connectivity index (χ0v) is 13.7. The highest BCUT2D eigenvalue weighted by molar-refractivity contribution is 5.71. The van der Waals surface area contributed by atoms with Crippen molar-refractivity contribution in [1.29, 1.82) is 0 Å². The zero-order valence-electron chi connectivity index (χ0n) is 13.7. The van der Waals surface area contributed by atoms with Gasteiger partial charge in [0.05, 0.1) is 13.2 Å². The van der Waals surface area contributed by atoms with E-state index in [4.69, 9.17) is 4.74 Å². The number of rotatable bonds is 4. The van der Waals surface area contributed by atoms with E-state index in [1.54, 1.807) is 0 Å². The van der Waals surface area contributed by atoms with Crippen molar-refractivity contribution < 1.29 is 4.74 Å². The van der Waals surface area contributed by atoms with Gasteiger partial charge in [-0.25, -0.2) is 0 Å². The second-order valence-electron chi connectivity index (χ2n) is 6.25. The molecular formula is C21H22N2O. The first-order valence-corrected chi connectivity index (χ1v) is 8.52. The van der Waals surface area contributed by atoms with Gasteiger partial charge in [-0.15, -0.1) is 0 Å². The van der Waals surface area contributed by atoms with Gasteiger partial charge in [0.2, 0.25) is 0 Å². The lowest BCUT2D eigenvalue weighted by molar-refractivity contribution is 0.0342. The third-order valence-electron chi connectivity index (χ3n) is 4.56. The number of morpholine rings is 1. The molecule has 0 radical (unpaired) electrons. The summed E-state index contributed by atoms with van der Waals surface area (Å²) < 4.78 is 5.41. The van der Waals surface area contributed by atoms with Crippen LogP contribution in [-0.4, -0.2) is 36.2 Å². The Morgan fingerprint density at radius 1 is 0.833 bits per heavy atom. The molecule has 1 fully saturated rings. The van der Waals surface area contributed by atoms with E-state index in [2.05, 4.69) is 70.7 Å². The first kappa shape index (κ1) is 15.2. The van der Waals surface area contributed by atoms with Crippen LogP contribution >= 0.6 is 0 Å². The molecule has 1 saturated heterocycles. The number of H-pyrrole nitrogens is 1. The van der Waals surface area contributed by atoms with E-state index < -0.39 is 0 Å². The van der Waals surface area contributed by atoms with Gasteiger partial charge in [0.15, 0.2) is 0 Å². The van der Waals surface area contributed by atoms with E-state index >= 15 is 0 Å². The average molecular weight is 318 g/mol. The lowest BCUT2D eigenvalue weighted by atomic mass is 10.1. The van der Waals surface area contributed by atoms with Crippen LogP contribution in [0.1, 0.15) is 5.56 Å². The van der Waals surface area contributed by atoms with E-state index in [1.165, 1.54) is 22.3 Å². The van der Waals surface area contributed by atoms with Crippen LogP contribution in [0.4, 0.5) is 0 Å². The highest BCUT2D eigenvalue weighted by Gasteiger charge is 2.11. The molecule has 3 nitrogen and oxygen atoms in total. The summed E-state index contributed by atoms with van der Waals surface area (Å²) in [6.45, 7) is 4.76. The molecule has 3 aromatic rings. The van der Waals surface area contributed by atoms with Crippen molar-refractivity contribution >= 4 is 0 Å². The summed E-state index contributed by atoms with van der Waals surface area (Å²) in [6, 6.07) is 21.5. The molecule has 0 unspecified atom stereocenters. The fourth-order valence-corrected chi connectivity index (χ4v) is 3.17. The van der Waals surface area contributed by atoms with Gasteiger partial charge in [0, 0.05) is 31.5 Å². The van der Waals surface area contributed by atoms with Gasteiger partial charge in [0.1, 0.15) is 0 Å². The molecule has 1 aliphatic heterocycles. The molecule has 0 aliphatic carbocycles. The van der Waals surface area contributed by atoms with Crippen LogP contribution < -0.4 is 0 Å². The molecule has 0 atom stereocenters. The molecule has 0 bridgehead atoms. The molecular weight excluding hydrogens is 296 g/mol. The second kappa shape index (κ2) is 7.04. The number of hydrogen-bond acceptors (Lipinski definition) is 2. The molecule has 0 amide bonds. The fourth-order valence-electron chi connectivity index (χ4n) is 3.17. The largest absolute Gasteiger partial charge is 0.379 e. The highest BCUT2D eigenvalue weighted by Crippen LogP contribution is 2.26. The van der Waals surface area contributed by atoms with Crippen LogP contribution in [0.25, 0.3) is 22.4 Å². The van der Waals surface area contributed by atoms with Gasteiger partial charge in [-0.05, 0) is 28.3 Å².